The maximum absolute atomic E-state index is 12.2. The summed E-state index contributed by atoms with van der Waals surface area (Å²) in [6.45, 7) is 3.80. The third kappa shape index (κ3) is 4.44. The van der Waals surface area contributed by atoms with Crippen LogP contribution in [0.4, 0.5) is 5.69 Å². The lowest BCUT2D eigenvalue weighted by atomic mass is 10.1. The zero-order valence-electron chi connectivity index (χ0n) is 11.1. The predicted octanol–water partition coefficient (Wildman–Crippen LogP) is 2.58. The molecule has 0 aliphatic carbocycles. The first kappa shape index (κ1) is 14.8. The van der Waals surface area contributed by atoms with Crippen molar-refractivity contribution in [1.29, 1.82) is 0 Å². The summed E-state index contributed by atoms with van der Waals surface area (Å²) < 4.78 is 0. The van der Waals surface area contributed by atoms with Crippen LogP contribution in [0.25, 0.3) is 0 Å². The number of hydrogen-bond acceptors (Lipinski definition) is 4. The van der Waals surface area contributed by atoms with E-state index in [9.17, 15) is 4.79 Å². The molecule has 1 unspecified atom stereocenters. The second-order valence-electron chi connectivity index (χ2n) is 4.36. The molecule has 2 rings (SSSR count). The number of benzene rings is 1. The van der Waals surface area contributed by atoms with Crippen LogP contribution in [-0.4, -0.2) is 35.0 Å². The topological polar surface area (TPSA) is 41.1 Å². The maximum atomic E-state index is 12.2. The van der Waals surface area contributed by atoms with Crippen LogP contribution < -0.4 is 10.6 Å². The number of rotatable bonds is 5. The fourth-order valence-electron chi connectivity index (χ4n) is 1.91. The maximum Gasteiger partial charge on any atom is 0.238 e. The number of hydrogen-bond donors (Lipinski definition) is 2. The Balaban J connectivity index is 1.99. The summed E-state index contributed by atoms with van der Waals surface area (Å²) in [5.41, 5.74) is 2.08. The van der Waals surface area contributed by atoms with Crippen LogP contribution in [0.15, 0.2) is 24.3 Å². The number of nitrogens with one attached hydrogen (secondary N) is 2. The highest BCUT2D eigenvalue weighted by Crippen LogP contribution is 2.25. The molecule has 1 aromatic rings. The van der Waals surface area contributed by atoms with Gasteiger partial charge in [0, 0.05) is 29.5 Å². The molecular formula is C14H20N2OS2. The first-order chi connectivity index (χ1) is 9.31. The van der Waals surface area contributed by atoms with Crippen molar-refractivity contribution in [1.82, 2.24) is 5.32 Å². The van der Waals surface area contributed by atoms with E-state index in [0.29, 0.717) is 0 Å². The first-order valence-electron chi connectivity index (χ1n) is 6.60. The Labute approximate surface area is 123 Å². The Bertz CT molecular complexity index is 420. The van der Waals surface area contributed by atoms with E-state index in [1.807, 2.05) is 30.0 Å². The highest BCUT2D eigenvalue weighted by Gasteiger charge is 2.22. The molecule has 1 aromatic carbocycles. The fourth-order valence-corrected chi connectivity index (χ4v) is 4.47. The van der Waals surface area contributed by atoms with Gasteiger partial charge in [0.1, 0.15) is 0 Å². The summed E-state index contributed by atoms with van der Waals surface area (Å²) in [6.07, 6.45) is 0. The Hall–Kier alpha value is -0.650. The van der Waals surface area contributed by atoms with Crippen LogP contribution >= 0.6 is 23.5 Å². The lowest BCUT2D eigenvalue weighted by Gasteiger charge is -2.21. The SMILES string of the molecule is CCNCc1ccccc1NC(=O)C1CSCCS1. The summed E-state index contributed by atoms with van der Waals surface area (Å²) in [5, 5.41) is 6.46. The molecule has 104 valence electrons. The molecule has 1 atom stereocenters. The van der Waals surface area contributed by atoms with E-state index in [4.69, 9.17) is 0 Å². The molecule has 3 nitrogen and oxygen atoms in total. The van der Waals surface area contributed by atoms with Crippen molar-refractivity contribution < 1.29 is 4.79 Å². The van der Waals surface area contributed by atoms with Crippen molar-refractivity contribution >= 4 is 35.1 Å². The standard InChI is InChI=1S/C14H20N2OS2/c1-2-15-9-11-5-3-4-6-12(11)16-14(17)13-10-18-7-8-19-13/h3-6,13,15H,2,7-10H2,1H3,(H,16,17). The Morgan fingerprint density at radius 1 is 1.37 bits per heavy atom. The molecule has 19 heavy (non-hydrogen) atoms. The molecular weight excluding hydrogens is 276 g/mol. The predicted molar refractivity (Wildman–Crippen MR) is 86.0 cm³/mol. The third-order valence-corrected chi connectivity index (χ3v) is 5.70. The minimum Gasteiger partial charge on any atom is -0.325 e. The molecule has 2 N–H and O–H groups in total. The average molecular weight is 296 g/mol. The van der Waals surface area contributed by atoms with Crippen LogP contribution in [0, 0.1) is 0 Å². The van der Waals surface area contributed by atoms with E-state index in [2.05, 4.69) is 23.6 Å². The molecule has 1 aliphatic rings. The van der Waals surface area contributed by atoms with Crippen molar-refractivity contribution in [2.24, 2.45) is 0 Å². The normalized spacial score (nSPS) is 19.1. The number of carbonyl (C=O) groups excluding carboxylic acids is 1. The molecule has 0 aromatic heterocycles. The van der Waals surface area contributed by atoms with Gasteiger partial charge in [-0.3, -0.25) is 4.79 Å². The molecule has 0 saturated carbocycles. The first-order valence-corrected chi connectivity index (χ1v) is 8.80. The summed E-state index contributed by atoms with van der Waals surface area (Å²) >= 11 is 3.63. The number of carbonyl (C=O) groups is 1. The molecule has 1 fully saturated rings. The molecule has 1 heterocycles. The zero-order valence-corrected chi connectivity index (χ0v) is 12.8. The Kier molecular flexibility index (Phi) is 6.07. The molecule has 5 heteroatoms. The summed E-state index contributed by atoms with van der Waals surface area (Å²) in [7, 11) is 0. The van der Waals surface area contributed by atoms with Crippen molar-refractivity contribution in [3.05, 3.63) is 29.8 Å². The van der Waals surface area contributed by atoms with Gasteiger partial charge in [0.05, 0.1) is 5.25 Å². The molecule has 1 saturated heterocycles. The van der Waals surface area contributed by atoms with Gasteiger partial charge in [-0.25, -0.2) is 0 Å². The highest BCUT2D eigenvalue weighted by atomic mass is 32.2. The minimum atomic E-state index is 0.0888. The van der Waals surface area contributed by atoms with E-state index in [0.717, 1.165) is 41.6 Å². The lowest BCUT2D eigenvalue weighted by Crippen LogP contribution is -2.30. The van der Waals surface area contributed by atoms with Crippen LogP contribution in [0.1, 0.15) is 12.5 Å². The summed E-state index contributed by atoms with van der Waals surface area (Å²) in [5.74, 6) is 3.29. The van der Waals surface area contributed by atoms with E-state index < -0.39 is 0 Å². The van der Waals surface area contributed by atoms with Gasteiger partial charge < -0.3 is 10.6 Å². The van der Waals surface area contributed by atoms with Gasteiger partial charge in [0.2, 0.25) is 5.91 Å². The van der Waals surface area contributed by atoms with E-state index in [-0.39, 0.29) is 11.2 Å². The lowest BCUT2D eigenvalue weighted by molar-refractivity contribution is -0.115. The molecule has 1 amide bonds. The average Bonchev–Trinajstić information content (AvgIpc) is 2.47. The second kappa shape index (κ2) is 7.82. The van der Waals surface area contributed by atoms with Gasteiger partial charge in [-0.2, -0.15) is 11.8 Å². The zero-order chi connectivity index (χ0) is 13.5. The third-order valence-electron chi connectivity index (χ3n) is 2.95. The van der Waals surface area contributed by atoms with E-state index in [1.165, 1.54) is 0 Å². The van der Waals surface area contributed by atoms with Gasteiger partial charge >= 0.3 is 0 Å². The number of anilines is 1. The van der Waals surface area contributed by atoms with Crippen LogP contribution in [0.2, 0.25) is 0 Å². The van der Waals surface area contributed by atoms with Crippen molar-refractivity contribution in [3.63, 3.8) is 0 Å². The summed E-state index contributed by atoms with van der Waals surface area (Å²) in [6, 6.07) is 8.01. The molecule has 0 radical (unpaired) electrons. The minimum absolute atomic E-state index is 0.0888. The Morgan fingerprint density at radius 3 is 2.95 bits per heavy atom. The van der Waals surface area contributed by atoms with Crippen molar-refractivity contribution in [3.8, 4) is 0 Å². The van der Waals surface area contributed by atoms with Gasteiger partial charge in [0.15, 0.2) is 0 Å². The van der Waals surface area contributed by atoms with Crippen LogP contribution in [-0.2, 0) is 11.3 Å². The molecule has 1 aliphatic heterocycles. The van der Waals surface area contributed by atoms with Gasteiger partial charge in [-0.05, 0) is 18.2 Å². The number of thioether (sulfide) groups is 2. The van der Waals surface area contributed by atoms with Crippen LogP contribution in [0.5, 0.6) is 0 Å². The highest BCUT2D eigenvalue weighted by molar-refractivity contribution is 8.07. The molecule has 0 spiro atoms. The number of para-hydroxylation sites is 1. The van der Waals surface area contributed by atoms with E-state index in [1.54, 1.807) is 11.8 Å². The fraction of sp³-hybridized carbons (Fsp3) is 0.500. The van der Waals surface area contributed by atoms with Gasteiger partial charge in [-0.15, -0.1) is 11.8 Å². The second-order valence-corrected chi connectivity index (χ2v) is 6.82. The van der Waals surface area contributed by atoms with Crippen molar-refractivity contribution in [2.45, 2.75) is 18.7 Å². The Morgan fingerprint density at radius 2 is 2.21 bits per heavy atom. The van der Waals surface area contributed by atoms with Gasteiger partial charge in [0.25, 0.3) is 0 Å². The van der Waals surface area contributed by atoms with E-state index >= 15 is 0 Å². The monoisotopic (exact) mass is 296 g/mol. The molecule has 0 bridgehead atoms. The van der Waals surface area contributed by atoms with Crippen molar-refractivity contribution in [2.75, 3.05) is 29.1 Å². The van der Waals surface area contributed by atoms with Gasteiger partial charge in [-0.1, -0.05) is 25.1 Å². The largest absolute Gasteiger partial charge is 0.325 e. The van der Waals surface area contributed by atoms with Crippen LogP contribution in [0.3, 0.4) is 0 Å². The quantitative estimate of drug-likeness (QED) is 0.876. The smallest absolute Gasteiger partial charge is 0.238 e. The number of amides is 1. The summed E-state index contributed by atoms with van der Waals surface area (Å²) in [4.78, 5) is 12.2.